The van der Waals surface area contributed by atoms with Crippen molar-refractivity contribution in [3.63, 3.8) is 0 Å². The maximum Gasteiger partial charge on any atom is 0.707 e. The van der Waals surface area contributed by atoms with E-state index in [1.807, 2.05) is 0 Å². The molecule has 0 saturated carbocycles. The van der Waals surface area contributed by atoms with E-state index in [1.165, 1.54) is 0 Å². The van der Waals surface area contributed by atoms with Crippen molar-refractivity contribution in [1.29, 1.82) is 0 Å². The Bertz CT molecular complexity index is 318. The molecule has 0 amide bonds. The minimum Gasteiger partial charge on any atom is -0.509 e. The van der Waals surface area contributed by atoms with Gasteiger partial charge in [-0.05, 0) is 0 Å². The summed E-state index contributed by atoms with van der Waals surface area (Å²) in [6.07, 6.45) is 0. The average molecular weight is 190 g/mol. The Morgan fingerprint density at radius 3 is 2.23 bits per heavy atom. The molecule has 70 valence electrons. The molecule has 0 fully saturated rings. The van der Waals surface area contributed by atoms with E-state index in [2.05, 4.69) is 4.65 Å². The highest BCUT2D eigenvalue weighted by Crippen LogP contribution is 2.28. The Morgan fingerprint density at radius 2 is 1.69 bits per heavy atom. The summed E-state index contributed by atoms with van der Waals surface area (Å²) < 4.78 is 29.0. The molecule has 1 aromatic rings. The molecule has 0 unspecified atom stereocenters. The minimum atomic E-state index is -2.20. The fourth-order valence-electron chi connectivity index (χ4n) is 0.726. The molecule has 0 aromatic heterocycles. The van der Waals surface area contributed by atoms with Gasteiger partial charge in [-0.25, -0.2) is 8.78 Å². The molecule has 0 aliphatic heterocycles. The fraction of sp³-hybridized carbons (Fsp3) is 0. The maximum absolute atomic E-state index is 12.5. The van der Waals surface area contributed by atoms with Crippen LogP contribution in [0.5, 0.6) is 11.5 Å². The van der Waals surface area contributed by atoms with Crippen LogP contribution in [0.3, 0.4) is 0 Å². The molecule has 1 aromatic carbocycles. The van der Waals surface area contributed by atoms with Gasteiger partial charge in [-0.1, -0.05) is 0 Å². The molecule has 0 saturated heterocycles. The third-order valence-electron chi connectivity index (χ3n) is 1.23. The molecule has 0 aliphatic carbocycles. The first-order valence-corrected chi connectivity index (χ1v) is 3.21. The second-order valence-electron chi connectivity index (χ2n) is 2.18. The number of aromatic hydroxyl groups is 1. The summed E-state index contributed by atoms with van der Waals surface area (Å²) in [6, 6.07) is 0.969. The highest BCUT2D eigenvalue weighted by molar-refractivity contribution is 6.33. The van der Waals surface area contributed by atoms with Crippen molar-refractivity contribution in [2.45, 2.75) is 0 Å². The van der Waals surface area contributed by atoms with Crippen molar-refractivity contribution in [1.82, 2.24) is 0 Å². The lowest BCUT2D eigenvalue weighted by atomic mass is 10.2. The van der Waals surface area contributed by atoms with Crippen LogP contribution in [-0.2, 0) is 0 Å². The first-order chi connectivity index (χ1) is 6.00. The molecule has 1 rings (SSSR count). The summed E-state index contributed by atoms with van der Waals surface area (Å²) in [5.74, 6) is -3.77. The van der Waals surface area contributed by atoms with Crippen LogP contribution in [0.4, 0.5) is 8.78 Å². The van der Waals surface area contributed by atoms with Crippen molar-refractivity contribution in [3.8, 4) is 11.5 Å². The summed E-state index contributed by atoms with van der Waals surface area (Å²) in [5.41, 5.74) is 0. The molecule has 4 nitrogen and oxygen atoms in total. The molecule has 0 bridgehead atoms. The van der Waals surface area contributed by atoms with Gasteiger partial charge in [0.25, 0.3) is 0 Å². The van der Waals surface area contributed by atoms with E-state index in [-0.39, 0.29) is 0 Å². The van der Waals surface area contributed by atoms with Gasteiger partial charge in [0.1, 0.15) is 5.75 Å². The fourth-order valence-corrected chi connectivity index (χ4v) is 0.726. The van der Waals surface area contributed by atoms with Gasteiger partial charge in [0.2, 0.25) is 0 Å². The smallest absolute Gasteiger partial charge is 0.509 e. The molecular weight excluding hydrogens is 185 g/mol. The van der Waals surface area contributed by atoms with Crippen LogP contribution in [-0.4, -0.2) is 22.5 Å². The molecule has 0 aliphatic rings. The van der Waals surface area contributed by atoms with E-state index in [1.54, 1.807) is 0 Å². The Labute approximate surface area is 72.2 Å². The van der Waals surface area contributed by atoms with Gasteiger partial charge in [0.15, 0.2) is 17.4 Å². The Hall–Kier alpha value is -1.34. The molecule has 0 atom stereocenters. The minimum absolute atomic E-state index is 0.465. The van der Waals surface area contributed by atoms with Gasteiger partial charge in [-0.3, -0.25) is 0 Å². The van der Waals surface area contributed by atoms with E-state index in [0.717, 1.165) is 0 Å². The van der Waals surface area contributed by atoms with Crippen LogP contribution in [0.15, 0.2) is 12.1 Å². The lowest BCUT2D eigenvalue weighted by Gasteiger charge is -2.06. The predicted octanol–water partition coefficient (Wildman–Crippen LogP) is 0.0187. The topological polar surface area (TPSA) is 69.9 Å². The highest BCUT2D eigenvalue weighted by Gasteiger charge is 2.16. The van der Waals surface area contributed by atoms with Crippen molar-refractivity contribution in [2.75, 3.05) is 0 Å². The van der Waals surface area contributed by atoms with Crippen LogP contribution in [0.1, 0.15) is 0 Å². The van der Waals surface area contributed by atoms with Crippen molar-refractivity contribution < 1.29 is 28.6 Å². The Morgan fingerprint density at radius 1 is 1.15 bits per heavy atom. The summed E-state index contributed by atoms with van der Waals surface area (Å²) in [4.78, 5) is 0. The van der Waals surface area contributed by atoms with E-state index >= 15 is 0 Å². The number of hydrogen-bond acceptors (Lipinski definition) is 4. The predicted molar refractivity (Wildman–Crippen MR) is 38.8 cm³/mol. The molecular formula is C6H5BF2O4. The van der Waals surface area contributed by atoms with Crippen molar-refractivity contribution >= 4 is 7.32 Å². The number of benzene rings is 1. The standard InChI is InChI=1S/C6H5BF2O4/c8-3-1-5(10)6(2-4(3)9)13-7(11)12/h1-2,10-12H. The van der Waals surface area contributed by atoms with Gasteiger partial charge in [-0.15, -0.1) is 0 Å². The lowest BCUT2D eigenvalue weighted by Crippen LogP contribution is -2.20. The van der Waals surface area contributed by atoms with Gasteiger partial charge >= 0.3 is 7.32 Å². The molecule has 0 heterocycles. The number of halogens is 2. The number of phenols is 1. The quantitative estimate of drug-likeness (QED) is 0.574. The first-order valence-electron chi connectivity index (χ1n) is 3.21. The average Bonchev–Trinajstić information content (AvgIpc) is 1.99. The number of hydrogen-bond donors (Lipinski definition) is 3. The van der Waals surface area contributed by atoms with Crippen molar-refractivity contribution in [3.05, 3.63) is 23.8 Å². The third-order valence-corrected chi connectivity index (χ3v) is 1.23. The Kier molecular flexibility index (Phi) is 2.69. The van der Waals surface area contributed by atoms with Crippen LogP contribution in [0.25, 0.3) is 0 Å². The second-order valence-corrected chi connectivity index (χ2v) is 2.18. The van der Waals surface area contributed by atoms with Crippen LogP contribution >= 0.6 is 0 Å². The summed E-state index contributed by atoms with van der Waals surface area (Å²) in [7, 11) is -2.20. The maximum atomic E-state index is 12.5. The molecule has 3 N–H and O–H groups in total. The summed E-state index contributed by atoms with van der Waals surface area (Å²) in [5, 5.41) is 25.5. The zero-order valence-electron chi connectivity index (χ0n) is 6.24. The highest BCUT2D eigenvalue weighted by atomic mass is 19.2. The molecule has 0 spiro atoms. The summed E-state index contributed by atoms with van der Waals surface area (Å²) in [6.45, 7) is 0. The Balaban J connectivity index is 3.01. The molecule has 7 heteroatoms. The third kappa shape index (κ3) is 2.30. The van der Waals surface area contributed by atoms with Gasteiger partial charge < -0.3 is 19.8 Å². The number of rotatable bonds is 2. The first kappa shape index (κ1) is 9.75. The van der Waals surface area contributed by atoms with E-state index < -0.39 is 30.5 Å². The van der Waals surface area contributed by atoms with Gasteiger partial charge in [0, 0.05) is 12.1 Å². The largest absolute Gasteiger partial charge is 0.707 e. The zero-order valence-corrected chi connectivity index (χ0v) is 6.24. The van der Waals surface area contributed by atoms with Crippen LogP contribution < -0.4 is 4.65 Å². The van der Waals surface area contributed by atoms with E-state index in [9.17, 15) is 8.78 Å². The normalized spacial score (nSPS) is 9.85. The second kappa shape index (κ2) is 3.59. The van der Waals surface area contributed by atoms with E-state index in [0.29, 0.717) is 12.1 Å². The summed E-state index contributed by atoms with van der Waals surface area (Å²) >= 11 is 0. The van der Waals surface area contributed by atoms with Gasteiger partial charge in [0.05, 0.1) is 0 Å². The zero-order chi connectivity index (χ0) is 10.0. The van der Waals surface area contributed by atoms with Crippen LogP contribution in [0, 0.1) is 11.6 Å². The van der Waals surface area contributed by atoms with Crippen LogP contribution in [0.2, 0.25) is 0 Å². The monoisotopic (exact) mass is 190 g/mol. The van der Waals surface area contributed by atoms with E-state index in [4.69, 9.17) is 15.2 Å². The van der Waals surface area contributed by atoms with Gasteiger partial charge in [-0.2, -0.15) is 0 Å². The SMILES string of the molecule is OB(O)Oc1cc(F)c(F)cc1O. The molecule has 0 radical (unpaired) electrons. The lowest BCUT2D eigenvalue weighted by molar-refractivity contribution is 0.279. The van der Waals surface area contributed by atoms with Crippen molar-refractivity contribution in [2.24, 2.45) is 0 Å². The number of phenolic OH excluding ortho intramolecular Hbond substituents is 1. The molecule has 13 heavy (non-hydrogen) atoms.